The molecular weight excluding hydrogens is 267 g/mol. The molecule has 1 aromatic rings. The van der Waals surface area contributed by atoms with Crippen LogP contribution in [-0.2, 0) is 4.79 Å². The van der Waals surface area contributed by atoms with Crippen molar-refractivity contribution < 1.29 is 9.90 Å². The van der Waals surface area contributed by atoms with Gasteiger partial charge in [0.15, 0.2) is 0 Å². The highest BCUT2D eigenvalue weighted by Crippen LogP contribution is 2.25. The zero-order valence-electron chi connectivity index (χ0n) is 7.42. The van der Waals surface area contributed by atoms with E-state index in [0.717, 1.165) is 4.47 Å². The molecule has 74 valence electrons. The zero-order valence-corrected chi connectivity index (χ0v) is 9.76. The summed E-state index contributed by atoms with van der Waals surface area (Å²) in [7, 11) is 0. The Morgan fingerprint density at radius 3 is 2.64 bits per heavy atom. The summed E-state index contributed by atoms with van der Waals surface area (Å²) in [6, 6.07) is 7.19. The molecule has 1 N–H and O–H groups in total. The smallest absolute Gasteiger partial charge is 0.332 e. The lowest BCUT2D eigenvalue weighted by atomic mass is 10.1. The molecule has 0 amide bonds. The number of carboxylic acids is 1. The maximum Gasteiger partial charge on any atom is 0.332 e. The van der Waals surface area contributed by atoms with Gasteiger partial charge in [0.25, 0.3) is 0 Å². The van der Waals surface area contributed by atoms with Crippen LogP contribution in [0.1, 0.15) is 12.5 Å². The summed E-state index contributed by atoms with van der Waals surface area (Å²) in [4.78, 5) is 10.6. The summed E-state index contributed by atoms with van der Waals surface area (Å²) in [6.07, 6.45) is 0. The number of rotatable bonds is 2. The Bertz CT molecular complexity index is 399. The highest BCUT2D eigenvalue weighted by Gasteiger charge is 2.09. The standard InChI is InChI=1S/C10H8BrClO2/c1-6(10(13)14)9(12)7-3-2-4-8(11)5-7/h2-5H,1H3,(H,13,14)/b9-6-. The number of benzene rings is 1. The van der Waals surface area contributed by atoms with E-state index in [0.29, 0.717) is 5.56 Å². The Hall–Kier alpha value is -0.800. The first-order valence-corrected chi connectivity index (χ1v) is 5.05. The van der Waals surface area contributed by atoms with Crippen molar-refractivity contribution >= 4 is 38.5 Å². The Labute approximate surface area is 95.3 Å². The van der Waals surface area contributed by atoms with E-state index in [1.54, 1.807) is 18.2 Å². The highest BCUT2D eigenvalue weighted by molar-refractivity contribution is 9.10. The molecule has 0 atom stereocenters. The molecule has 0 aliphatic carbocycles. The van der Waals surface area contributed by atoms with Gasteiger partial charge < -0.3 is 5.11 Å². The molecule has 4 heteroatoms. The van der Waals surface area contributed by atoms with E-state index in [2.05, 4.69) is 15.9 Å². The summed E-state index contributed by atoms with van der Waals surface area (Å²) < 4.78 is 0.867. The molecule has 1 rings (SSSR count). The van der Waals surface area contributed by atoms with Crippen molar-refractivity contribution in [2.45, 2.75) is 6.92 Å². The van der Waals surface area contributed by atoms with E-state index in [1.807, 2.05) is 6.07 Å². The van der Waals surface area contributed by atoms with E-state index in [1.165, 1.54) is 6.92 Å². The van der Waals surface area contributed by atoms with Gasteiger partial charge in [0.1, 0.15) is 0 Å². The van der Waals surface area contributed by atoms with Crippen molar-refractivity contribution in [2.24, 2.45) is 0 Å². The zero-order chi connectivity index (χ0) is 10.7. The monoisotopic (exact) mass is 274 g/mol. The quantitative estimate of drug-likeness (QED) is 0.839. The second kappa shape index (κ2) is 4.62. The van der Waals surface area contributed by atoms with Gasteiger partial charge in [0.2, 0.25) is 0 Å². The molecule has 0 saturated heterocycles. The molecule has 2 nitrogen and oxygen atoms in total. The molecular formula is C10H8BrClO2. The van der Waals surface area contributed by atoms with Gasteiger partial charge in [0.05, 0.1) is 10.6 Å². The fourth-order valence-corrected chi connectivity index (χ4v) is 1.53. The lowest BCUT2D eigenvalue weighted by Gasteiger charge is -2.02. The van der Waals surface area contributed by atoms with Crippen molar-refractivity contribution in [3.05, 3.63) is 39.9 Å². The number of halogens is 2. The van der Waals surface area contributed by atoms with Crippen molar-refractivity contribution in [2.75, 3.05) is 0 Å². The van der Waals surface area contributed by atoms with Crippen molar-refractivity contribution in [1.29, 1.82) is 0 Å². The third kappa shape index (κ3) is 2.59. The first-order valence-electron chi connectivity index (χ1n) is 3.88. The number of aliphatic carboxylic acids is 1. The first-order chi connectivity index (χ1) is 6.52. The fourth-order valence-electron chi connectivity index (χ4n) is 0.935. The van der Waals surface area contributed by atoms with Crippen LogP contribution in [0.25, 0.3) is 5.03 Å². The summed E-state index contributed by atoms with van der Waals surface area (Å²) in [5.41, 5.74) is 0.839. The molecule has 0 spiro atoms. The normalized spacial score (nSPS) is 12.2. The minimum absolute atomic E-state index is 0.143. The number of carboxylic acid groups (broad SMARTS) is 1. The van der Waals surface area contributed by atoms with Crippen LogP contribution >= 0.6 is 27.5 Å². The van der Waals surface area contributed by atoms with Crippen LogP contribution < -0.4 is 0 Å². The van der Waals surface area contributed by atoms with Crippen molar-refractivity contribution in [3.63, 3.8) is 0 Å². The van der Waals surface area contributed by atoms with Crippen LogP contribution in [0.2, 0.25) is 0 Å². The summed E-state index contributed by atoms with van der Waals surface area (Å²) >= 11 is 9.19. The second-order valence-corrected chi connectivity index (χ2v) is 4.05. The van der Waals surface area contributed by atoms with Crippen LogP contribution in [0, 0.1) is 0 Å². The number of hydrogen-bond donors (Lipinski definition) is 1. The van der Waals surface area contributed by atoms with Crippen LogP contribution in [0.4, 0.5) is 0 Å². The lowest BCUT2D eigenvalue weighted by molar-refractivity contribution is -0.132. The SMILES string of the molecule is C/C(C(=O)O)=C(/Cl)c1cccc(Br)c1. The topological polar surface area (TPSA) is 37.3 Å². The predicted octanol–water partition coefficient (Wildman–Crippen LogP) is 3.50. The van der Waals surface area contributed by atoms with Crippen LogP contribution in [0.5, 0.6) is 0 Å². The Morgan fingerprint density at radius 1 is 1.50 bits per heavy atom. The molecule has 0 saturated carbocycles. The molecule has 0 heterocycles. The Balaban J connectivity index is 3.18. The molecule has 14 heavy (non-hydrogen) atoms. The van der Waals surface area contributed by atoms with E-state index in [-0.39, 0.29) is 10.6 Å². The van der Waals surface area contributed by atoms with Gasteiger partial charge in [-0.25, -0.2) is 4.79 Å². The van der Waals surface area contributed by atoms with Gasteiger partial charge in [-0.3, -0.25) is 0 Å². The number of carbonyl (C=O) groups is 1. The summed E-state index contributed by atoms with van der Waals surface area (Å²) in [5.74, 6) is -1.00. The van der Waals surface area contributed by atoms with E-state index in [4.69, 9.17) is 16.7 Å². The minimum atomic E-state index is -1.00. The predicted molar refractivity (Wildman–Crippen MR) is 60.2 cm³/mol. The molecule has 0 unspecified atom stereocenters. The molecule has 0 aliphatic heterocycles. The minimum Gasteiger partial charge on any atom is -0.478 e. The van der Waals surface area contributed by atoms with Gasteiger partial charge in [-0.15, -0.1) is 0 Å². The lowest BCUT2D eigenvalue weighted by Crippen LogP contribution is -1.98. The first kappa shape index (κ1) is 11.3. The van der Waals surface area contributed by atoms with Crippen LogP contribution in [0.15, 0.2) is 34.3 Å². The fraction of sp³-hybridized carbons (Fsp3) is 0.100. The largest absolute Gasteiger partial charge is 0.478 e. The van der Waals surface area contributed by atoms with E-state index >= 15 is 0 Å². The highest BCUT2D eigenvalue weighted by atomic mass is 79.9. The Morgan fingerprint density at radius 2 is 2.14 bits per heavy atom. The average Bonchev–Trinajstić information content (AvgIpc) is 2.15. The molecule has 0 fully saturated rings. The molecule has 0 aliphatic rings. The maximum absolute atomic E-state index is 10.6. The molecule has 1 aromatic carbocycles. The van der Waals surface area contributed by atoms with Gasteiger partial charge in [0, 0.05) is 4.47 Å². The maximum atomic E-state index is 10.6. The van der Waals surface area contributed by atoms with E-state index in [9.17, 15) is 4.79 Å². The average molecular weight is 276 g/mol. The molecule has 0 aromatic heterocycles. The summed E-state index contributed by atoms with van der Waals surface area (Å²) in [6.45, 7) is 1.48. The third-order valence-electron chi connectivity index (χ3n) is 1.73. The van der Waals surface area contributed by atoms with Crippen molar-refractivity contribution in [1.82, 2.24) is 0 Å². The number of hydrogen-bond acceptors (Lipinski definition) is 1. The Kier molecular flexibility index (Phi) is 3.72. The molecule has 0 radical (unpaired) electrons. The third-order valence-corrected chi connectivity index (χ3v) is 2.72. The second-order valence-electron chi connectivity index (χ2n) is 2.75. The summed E-state index contributed by atoms with van der Waals surface area (Å²) in [5, 5.41) is 8.99. The molecule has 0 bridgehead atoms. The van der Waals surface area contributed by atoms with E-state index < -0.39 is 5.97 Å². The van der Waals surface area contributed by atoms with Gasteiger partial charge in [-0.05, 0) is 24.6 Å². The van der Waals surface area contributed by atoms with Gasteiger partial charge in [-0.1, -0.05) is 39.7 Å². The van der Waals surface area contributed by atoms with Crippen LogP contribution in [-0.4, -0.2) is 11.1 Å². The van der Waals surface area contributed by atoms with Crippen molar-refractivity contribution in [3.8, 4) is 0 Å². The van der Waals surface area contributed by atoms with Gasteiger partial charge in [-0.2, -0.15) is 0 Å². The van der Waals surface area contributed by atoms with Crippen LogP contribution in [0.3, 0.4) is 0 Å². The van der Waals surface area contributed by atoms with Gasteiger partial charge >= 0.3 is 5.97 Å².